The number of benzene rings is 1. The van der Waals surface area contributed by atoms with Gasteiger partial charge >= 0.3 is 0 Å². The summed E-state index contributed by atoms with van der Waals surface area (Å²) in [7, 11) is 0. The molecule has 0 radical (unpaired) electrons. The van der Waals surface area contributed by atoms with E-state index in [0.717, 1.165) is 24.5 Å². The Morgan fingerprint density at radius 2 is 2.00 bits per heavy atom. The molecule has 23 heavy (non-hydrogen) atoms. The molecule has 1 saturated heterocycles. The quantitative estimate of drug-likeness (QED) is 0.922. The van der Waals surface area contributed by atoms with Crippen molar-refractivity contribution in [3.63, 3.8) is 0 Å². The number of hydrogen-bond acceptors (Lipinski definition) is 4. The molecule has 0 spiro atoms. The highest BCUT2D eigenvalue weighted by Gasteiger charge is 2.32. The molecule has 1 aromatic carbocycles. The van der Waals surface area contributed by atoms with Gasteiger partial charge in [-0.25, -0.2) is 0 Å². The minimum absolute atomic E-state index is 0.0223. The molecule has 120 valence electrons. The summed E-state index contributed by atoms with van der Waals surface area (Å²) in [4.78, 5) is 4.51. The van der Waals surface area contributed by atoms with Crippen molar-refractivity contribution in [2.45, 2.75) is 31.0 Å². The number of para-hydroxylation sites is 1. The van der Waals surface area contributed by atoms with Gasteiger partial charge < -0.3 is 14.8 Å². The minimum Gasteiger partial charge on any atom is -0.481 e. The van der Waals surface area contributed by atoms with Gasteiger partial charge in [0.25, 0.3) is 0 Å². The fourth-order valence-corrected chi connectivity index (χ4v) is 3.11. The Balaban J connectivity index is 1.63. The fraction of sp³-hybridized carbons (Fsp3) is 0.421. The first-order valence-electron chi connectivity index (χ1n) is 8.40. The van der Waals surface area contributed by atoms with Crippen LogP contribution in [0, 0.1) is 0 Å². The molecule has 2 atom stereocenters. The zero-order valence-corrected chi connectivity index (χ0v) is 13.2. The predicted molar refractivity (Wildman–Crippen MR) is 88.6 cm³/mol. The Morgan fingerprint density at radius 3 is 2.74 bits per heavy atom. The third-order valence-electron chi connectivity index (χ3n) is 4.46. The van der Waals surface area contributed by atoms with E-state index in [2.05, 4.69) is 28.5 Å². The summed E-state index contributed by atoms with van der Waals surface area (Å²) in [6.07, 6.45) is 4.12. The van der Waals surface area contributed by atoms with Crippen LogP contribution in [0.1, 0.15) is 36.1 Å². The molecule has 2 aromatic rings. The van der Waals surface area contributed by atoms with Crippen LogP contribution >= 0.6 is 0 Å². The average molecular weight is 310 g/mol. The second kappa shape index (κ2) is 6.69. The lowest BCUT2D eigenvalue weighted by Gasteiger charge is -2.31. The van der Waals surface area contributed by atoms with Gasteiger partial charge in [-0.2, -0.15) is 0 Å². The first-order chi connectivity index (χ1) is 11.4. The SMILES string of the molecule is c1ccc(C(Oc2ccccc2C2CC2)[C@@H]2CNCCO2)nc1. The van der Waals surface area contributed by atoms with E-state index in [1.165, 1.54) is 18.4 Å². The normalized spacial score (nSPS) is 22.5. The van der Waals surface area contributed by atoms with Gasteiger partial charge in [0.1, 0.15) is 11.9 Å². The second-order valence-electron chi connectivity index (χ2n) is 6.22. The summed E-state index contributed by atoms with van der Waals surface area (Å²) in [6, 6.07) is 14.3. The summed E-state index contributed by atoms with van der Waals surface area (Å²) < 4.78 is 12.4. The Bertz CT molecular complexity index is 637. The number of hydrogen-bond donors (Lipinski definition) is 1. The molecule has 4 rings (SSSR count). The monoisotopic (exact) mass is 310 g/mol. The van der Waals surface area contributed by atoms with E-state index < -0.39 is 0 Å². The van der Waals surface area contributed by atoms with Crippen molar-refractivity contribution >= 4 is 0 Å². The third kappa shape index (κ3) is 3.38. The number of aromatic nitrogens is 1. The minimum atomic E-state index is -0.191. The Hall–Kier alpha value is -1.91. The molecule has 1 aromatic heterocycles. The lowest BCUT2D eigenvalue weighted by molar-refractivity contribution is -0.0449. The molecule has 4 heteroatoms. The van der Waals surface area contributed by atoms with Gasteiger partial charge in [0.2, 0.25) is 0 Å². The van der Waals surface area contributed by atoms with Crippen molar-refractivity contribution < 1.29 is 9.47 Å². The van der Waals surface area contributed by atoms with Crippen LogP contribution in [-0.4, -0.2) is 30.8 Å². The van der Waals surface area contributed by atoms with Crippen LogP contribution in [0.4, 0.5) is 0 Å². The van der Waals surface area contributed by atoms with Crippen LogP contribution in [0.25, 0.3) is 0 Å². The van der Waals surface area contributed by atoms with Crippen molar-refractivity contribution in [3.05, 3.63) is 59.9 Å². The van der Waals surface area contributed by atoms with Crippen LogP contribution in [-0.2, 0) is 4.74 Å². The molecular weight excluding hydrogens is 288 g/mol. The number of pyridine rings is 1. The van der Waals surface area contributed by atoms with E-state index in [4.69, 9.17) is 9.47 Å². The molecule has 1 N–H and O–H groups in total. The molecule has 1 saturated carbocycles. The Morgan fingerprint density at radius 1 is 1.13 bits per heavy atom. The van der Waals surface area contributed by atoms with Gasteiger partial charge in [-0.05, 0) is 42.5 Å². The highest BCUT2D eigenvalue weighted by Crippen LogP contribution is 2.45. The maximum absolute atomic E-state index is 6.44. The lowest BCUT2D eigenvalue weighted by atomic mass is 10.1. The Kier molecular flexibility index (Phi) is 4.26. The highest BCUT2D eigenvalue weighted by atomic mass is 16.5. The van der Waals surface area contributed by atoms with E-state index in [9.17, 15) is 0 Å². The van der Waals surface area contributed by atoms with E-state index in [-0.39, 0.29) is 12.2 Å². The van der Waals surface area contributed by atoms with Crippen molar-refractivity contribution in [1.82, 2.24) is 10.3 Å². The summed E-state index contributed by atoms with van der Waals surface area (Å²) in [5, 5.41) is 3.39. The van der Waals surface area contributed by atoms with E-state index >= 15 is 0 Å². The largest absolute Gasteiger partial charge is 0.481 e. The topological polar surface area (TPSA) is 43.4 Å². The summed E-state index contributed by atoms with van der Waals surface area (Å²) in [5.74, 6) is 1.63. The number of nitrogens with zero attached hydrogens (tertiary/aromatic N) is 1. The molecule has 0 bridgehead atoms. The van der Waals surface area contributed by atoms with Gasteiger partial charge in [0.15, 0.2) is 6.10 Å². The molecule has 0 amide bonds. The van der Waals surface area contributed by atoms with E-state index in [1.54, 1.807) is 0 Å². The molecule has 2 heterocycles. The van der Waals surface area contributed by atoms with Gasteiger partial charge in [-0.1, -0.05) is 24.3 Å². The zero-order valence-electron chi connectivity index (χ0n) is 13.2. The predicted octanol–water partition coefficient (Wildman–Crippen LogP) is 3.07. The lowest BCUT2D eigenvalue weighted by Crippen LogP contribution is -2.43. The van der Waals surface area contributed by atoms with Crippen LogP contribution < -0.4 is 10.1 Å². The van der Waals surface area contributed by atoms with Crippen LogP contribution in [0.15, 0.2) is 48.7 Å². The van der Waals surface area contributed by atoms with Crippen LogP contribution in [0.5, 0.6) is 5.75 Å². The molecule has 1 aliphatic carbocycles. The summed E-state index contributed by atoms with van der Waals surface area (Å²) >= 11 is 0. The molecular formula is C19H22N2O2. The second-order valence-corrected chi connectivity index (χ2v) is 6.22. The fourth-order valence-electron chi connectivity index (χ4n) is 3.11. The summed E-state index contributed by atoms with van der Waals surface area (Å²) in [6.45, 7) is 2.39. The maximum Gasteiger partial charge on any atom is 0.168 e. The first kappa shape index (κ1) is 14.7. The Labute approximate surface area is 136 Å². The van der Waals surface area contributed by atoms with Crippen LogP contribution in [0.3, 0.4) is 0 Å². The molecule has 1 unspecified atom stereocenters. The molecule has 1 aliphatic heterocycles. The highest BCUT2D eigenvalue weighted by molar-refractivity contribution is 5.39. The molecule has 2 fully saturated rings. The van der Waals surface area contributed by atoms with Gasteiger partial charge in [-0.3, -0.25) is 4.98 Å². The molecule has 2 aliphatic rings. The van der Waals surface area contributed by atoms with Crippen molar-refractivity contribution in [2.24, 2.45) is 0 Å². The average Bonchev–Trinajstić information content (AvgIpc) is 3.46. The first-order valence-corrected chi connectivity index (χ1v) is 8.40. The van der Waals surface area contributed by atoms with Crippen LogP contribution in [0.2, 0.25) is 0 Å². The number of morpholine rings is 1. The van der Waals surface area contributed by atoms with Gasteiger partial charge in [-0.15, -0.1) is 0 Å². The summed E-state index contributed by atoms with van der Waals surface area (Å²) in [5.41, 5.74) is 2.24. The van der Waals surface area contributed by atoms with Crippen molar-refractivity contribution in [1.29, 1.82) is 0 Å². The molecule has 4 nitrogen and oxygen atoms in total. The zero-order chi connectivity index (χ0) is 15.5. The third-order valence-corrected chi connectivity index (χ3v) is 4.46. The van der Waals surface area contributed by atoms with Crippen molar-refractivity contribution in [2.75, 3.05) is 19.7 Å². The van der Waals surface area contributed by atoms with Gasteiger partial charge in [0.05, 0.1) is 12.3 Å². The smallest absolute Gasteiger partial charge is 0.168 e. The van der Waals surface area contributed by atoms with E-state index in [1.807, 2.05) is 30.5 Å². The van der Waals surface area contributed by atoms with Crippen molar-refractivity contribution in [3.8, 4) is 5.75 Å². The maximum atomic E-state index is 6.44. The standard InChI is InChI=1S/C19H22N2O2/c1-2-7-17(15(5-1)14-8-9-14)23-19(16-6-3-4-10-21-16)18-13-20-11-12-22-18/h1-7,10,14,18-20H,8-9,11-13H2/t18-,19?/m0/s1. The number of ether oxygens (including phenoxy) is 2. The van der Waals surface area contributed by atoms with E-state index in [0.29, 0.717) is 12.5 Å². The number of nitrogens with one attached hydrogen (secondary N) is 1. The number of rotatable bonds is 5. The van der Waals surface area contributed by atoms with Gasteiger partial charge in [0, 0.05) is 19.3 Å².